The Morgan fingerprint density at radius 2 is 2.05 bits per heavy atom. The molecule has 0 atom stereocenters. The molecule has 3 rings (SSSR count). The van der Waals surface area contributed by atoms with Crippen LogP contribution in [0.3, 0.4) is 0 Å². The minimum atomic E-state index is 0.108. The zero-order valence-electron chi connectivity index (χ0n) is 12.1. The Labute approximate surface area is 121 Å². The highest BCUT2D eigenvalue weighted by atomic mass is 16.1. The van der Waals surface area contributed by atoms with Gasteiger partial charge < -0.3 is 10.6 Å². The lowest BCUT2D eigenvalue weighted by Crippen LogP contribution is -2.31. The first kappa shape index (κ1) is 13.5. The van der Waals surface area contributed by atoms with Crippen molar-refractivity contribution in [2.45, 2.75) is 44.9 Å². The van der Waals surface area contributed by atoms with Gasteiger partial charge in [-0.15, -0.1) is 0 Å². The molecular formula is C17H24N2O. The number of hydrogen-bond acceptors (Lipinski definition) is 2. The van der Waals surface area contributed by atoms with E-state index < -0.39 is 0 Å². The third-order valence-corrected chi connectivity index (χ3v) is 4.62. The Hall–Kier alpha value is -1.51. The molecule has 1 heterocycles. The van der Waals surface area contributed by atoms with E-state index in [9.17, 15) is 4.79 Å². The molecule has 3 heteroatoms. The Balaban J connectivity index is 1.64. The summed E-state index contributed by atoms with van der Waals surface area (Å²) >= 11 is 0. The highest BCUT2D eigenvalue weighted by Gasteiger charge is 2.19. The van der Waals surface area contributed by atoms with Crippen molar-refractivity contribution in [1.29, 1.82) is 0 Å². The van der Waals surface area contributed by atoms with Crippen molar-refractivity contribution >= 4 is 11.6 Å². The molecule has 0 unspecified atom stereocenters. The zero-order chi connectivity index (χ0) is 13.8. The lowest BCUT2D eigenvalue weighted by molar-refractivity contribution is 0.0942. The lowest BCUT2D eigenvalue weighted by Gasteiger charge is -2.23. The van der Waals surface area contributed by atoms with Crippen molar-refractivity contribution < 1.29 is 4.79 Å². The summed E-state index contributed by atoms with van der Waals surface area (Å²) in [7, 11) is 0. The van der Waals surface area contributed by atoms with Gasteiger partial charge in [0, 0.05) is 24.3 Å². The first-order chi connectivity index (χ1) is 9.84. The first-order valence-corrected chi connectivity index (χ1v) is 7.98. The molecule has 0 spiro atoms. The van der Waals surface area contributed by atoms with E-state index in [1.807, 2.05) is 12.1 Å². The maximum atomic E-state index is 12.4. The van der Waals surface area contributed by atoms with Crippen molar-refractivity contribution in [3.05, 3.63) is 29.3 Å². The molecule has 1 aromatic carbocycles. The van der Waals surface area contributed by atoms with E-state index in [4.69, 9.17) is 0 Å². The smallest absolute Gasteiger partial charge is 0.251 e. The molecule has 1 saturated carbocycles. The predicted molar refractivity (Wildman–Crippen MR) is 82.2 cm³/mol. The van der Waals surface area contributed by atoms with Crippen LogP contribution in [0.5, 0.6) is 0 Å². The van der Waals surface area contributed by atoms with Gasteiger partial charge >= 0.3 is 0 Å². The molecule has 1 fully saturated rings. The fourth-order valence-electron chi connectivity index (χ4n) is 3.45. The molecule has 0 saturated heterocycles. The monoisotopic (exact) mass is 272 g/mol. The third kappa shape index (κ3) is 2.97. The topological polar surface area (TPSA) is 41.1 Å². The molecule has 1 aliphatic carbocycles. The third-order valence-electron chi connectivity index (χ3n) is 4.62. The quantitative estimate of drug-likeness (QED) is 0.886. The van der Waals surface area contributed by atoms with Gasteiger partial charge in [-0.1, -0.05) is 25.3 Å². The fourth-order valence-corrected chi connectivity index (χ4v) is 3.45. The molecule has 2 aliphatic rings. The zero-order valence-corrected chi connectivity index (χ0v) is 12.1. The van der Waals surface area contributed by atoms with E-state index in [0.717, 1.165) is 37.2 Å². The molecule has 108 valence electrons. The van der Waals surface area contributed by atoms with Crippen LogP contribution >= 0.6 is 0 Å². The molecule has 1 amide bonds. The van der Waals surface area contributed by atoms with Gasteiger partial charge in [-0.2, -0.15) is 0 Å². The Bertz CT molecular complexity index is 478. The van der Waals surface area contributed by atoms with Crippen molar-refractivity contribution in [3.8, 4) is 0 Å². The number of benzene rings is 1. The summed E-state index contributed by atoms with van der Waals surface area (Å²) < 4.78 is 0. The van der Waals surface area contributed by atoms with Crippen LogP contribution < -0.4 is 10.6 Å². The Morgan fingerprint density at radius 1 is 1.20 bits per heavy atom. The van der Waals surface area contributed by atoms with Crippen LogP contribution in [0.1, 0.15) is 54.4 Å². The highest BCUT2D eigenvalue weighted by molar-refractivity contribution is 5.97. The maximum Gasteiger partial charge on any atom is 0.251 e. The van der Waals surface area contributed by atoms with Crippen LogP contribution in [-0.2, 0) is 6.42 Å². The molecule has 2 N–H and O–H groups in total. The second-order valence-electron chi connectivity index (χ2n) is 6.08. The molecule has 0 radical (unpaired) electrons. The summed E-state index contributed by atoms with van der Waals surface area (Å²) in [6.45, 7) is 1.86. The molecule has 1 aromatic rings. The van der Waals surface area contributed by atoms with Crippen molar-refractivity contribution in [2.75, 3.05) is 18.4 Å². The van der Waals surface area contributed by atoms with Gasteiger partial charge in [-0.3, -0.25) is 4.79 Å². The molecule has 0 aromatic heterocycles. The summed E-state index contributed by atoms with van der Waals surface area (Å²) in [5.41, 5.74) is 3.20. The minimum Gasteiger partial charge on any atom is -0.385 e. The van der Waals surface area contributed by atoms with Gasteiger partial charge in [-0.05, 0) is 49.3 Å². The lowest BCUT2D eigenvalue weighted by atomic mass is 9.89. The first-order valence-electron chi connectivity index (χ1n) is 7.98. The summed E-state index contributed by atoms with van der Waals surface area (Å²) in [4.78, 5) is 12.4. The second kappa shape index (κ2) is 6.29. The summed E-state index contributed by atoms with van der Waals surface area (Å²) in [5.74, 6) is 0.793. The average molecular weight is 272 g/mol. The number of carbonyl (C=O) groups excluding carboxylic acids is 1. The van der Waals surface area contributed by atoms with Crippen LogP contribution in [0.15, 0.2) is 18.2 Å². The number of rotatable bonds is 3. The number of anilines is 1. The standard InChI is InChI=1S/C17H24N2O/c20-17(19-12-13-6-2-1-3-7-13)15-8-4-10-16-14(15)9-5-11-18-16/h4,8,10,13,18H,1-3,5-7,9,11-12H2,(H,19,20). The summed E-state index contributed by atoms with van der Waals surface area (Å²) in [6, 6.07) is 6.02. The molecule has 1 aliphatic heterocycles. The van der Waals surface area contributed by atoms with Gasteiger partial charge in [0.05, 0.1) is 0 Å². The van der Waals surface area contributed by atoms with E-state index in [0.29, 0.717) is 5.92 Å². The summed E-state index contributed by atoms with van der Waals surface area (Å²) in [5, 5.41) is 6.54. The van der Waals surface area contributed by atoms with Crippen molar-refractivity contribution in [3.63, 3.8) is 0 Å². The maximum absolute atomic E-state index is 12.4. The molecule has 20 heavy (non-hydrogen) atoms. The highest BCUT2D eigenvalue weighted by Crippen LogP contribution is 2.26. The SMILES string of the molecule is O=C(NCC1CCCCC1)c1cccc2c1CCCN2. The van der Waals surface area contributed by atoms with E-state index in [-0.39, 0.29) is 5.91 Å². The molecular weight excluding hydrogens is 248 g/mol. The van der Waals surface area contributed by atoms with Crippen molar-refractivity contribution in [1.82, 2.24) is 5.32 Å². The Morgan fingerprint density at radius 3 is 2.90 bits per heavy atom. The average Bonchev–Trinajstić information content (AvgIpc) is 2.53. The van der Waals surface area contributed by atoms with Gasteiger partial charge in [0.25, 0.3) is 5.91 Å². The number of nitrogens with one attached hydrogen (secondary N) is 2. The number of amides is 1. The van der Waals surface area contributed by atoms with E-state index in [1.165, 1.54) is 37.7 Å². The number of hydrogen-bond donors (Lipinski definition) is 2. The normalized spacial score (nSPS) is 19.0. The van der Waals surface area contributed by atoms with Crippen LogP contribution in [0.4, 0.5) is 5.69 Å². The van der Waals surface area contributed by atoms with E-state index in [2.05, 4.69) is 16.7 Å². The van der Waals surface area contributed by atoms with Crippen LogP contribution in [0.2, 0.25) is 0 Å². The second-order valence-corrected chi connectivity index (χ2v) is 6.08. The Kier molecular flexibility index (Phi) is 4.24. The van der Waals surface area contributed by atoms with Crippen LogP contribution in [0.25, 0.3) is 0 Å². The van der Waals surface area contributed by atoms with E-state index in [1.54, 1.807) is 0 Å². The number of fused-ring (bicyclic) bond motifs is 1. The van der Waals surface area contributed by atoms with Crippen molar-refractivity contribution in [2.24, 2.45) is 5.92 Å². The fraction of sp³-hybridized carbons (Fsp3) is 0.588. The largest absolute Gasteiger partial charge is 0.385 e. The molecule has 3 nitrogen and oxygen atoms in total. The minimum absolute atomic E-state index is 0.108. The van der Waals surface area contributed by atoms with Gasteiger partial charge in [0.15, 0.2) is 0 Å². The van der Waals surface area contributed by atoms with Crippen LogP contribution in [0, 0.1) is 5.92 Å². The van der Waals surface area contributed by atoms with Gasteiger partial charge in [-0.25, -0.2) is 0 Å². The van der Waals surface area contributed by atoms with Crippen LogP contribution in [-0.4, -0.2) is 19.0 Å². The summed E-state index contributed by atoms with van der Waals surface area (Å²) in [6.07, 6.45) is 8.68. The molecule has 0 bridgehead atoms. The van der Waals surface area contributed by atoms with Gasteiger partial charge in [0.2, 0.25) is 0 Å². The van der Waals surface area contributed by atoms with E-state index >= 15 is 0 Å². The number of carbonyl (C=O) groups is 1. The predicted octanol–water partition coefficient (Wildman–Crippen LogP) is 3.35. The van der Waals surface area contributed by atoms with Gasteiger partial charge in [0.1, 0.15) is 0 Å².